The Morgan fingerprint density at radius 2 is 2.00 bits per heavy atom. The van der Waals surface area contributed by atoms with Crippen LogP contribution in [0.5, 0.6) is 5.75 Å². The molecule has 4 nitrogen and oxygen atoms in total. The van der Waals surface area contributed by atoms with Gasteiger partial charge in [0.25, 0.3) is 0 Å². The van der Waals surface area contributed by atoms with Gasteiger partial charge in [-0.1, -0.05) is 17.7 Å². The Hall–Kier alpha value is -0.810. The predicted octanol–water partition coefficient (Wildman–Crippen LogP) is 1.18. The summed E-state index contributed by atoms with van der Waals surface area (Å²) in [6.45, 7) is 2.00. The summed E-state index contributed by atoms with van der Waals surface area (Å²) in [6.07, 6.45) is 0. The minimum Gasteiger partial charge on any atom is -0.495 e. The number of nitrogens with one attached hydrogen (secondary N) is 1. The van der Waals surface area contributed by atoms with Crippen molar-refractivity contribution in [1.82, 2.24) is 5.32 Å². The van der Waals surface area contributed by atoms with Gasteiger partial charge in [-0.15, -0.1) is 0 Å². The highest BCUT2D eigenvalue weighted by molar-refractivity contribution is 6.32. The van der Waals surface area contributed by atoms with E-state index in [1.165, 1.54) is 0 Å². The lowest BCUT2D eigenvalue weighted by Crippen LogP contribution is -2.48. The zero-order valence-corrected chi connectivity index (χ0v) is 10.8. The third-order valence-corrected chi connectivity index (χ3v) is 2.93. The first kappa shape index (κ1) is 14.3. The molecular formula is C12H18ClNO3. The Kier molecular flexibility index (Phi) is 5.21. The Labute approximate surface area is 106 Å². The van der Waals surface area contributed by atoms with Crippen LogP contribution in [0.15, 0.2) is 18.2 Å². The highest BCUT2D eigenvalue weighted by atomic mass is 35.5. The summed E-state index contributed by atoms with van der Waals surface area (Å²) < 4.78 is 5.06. The van der Waals surface area contributed by atoms with E-state index in [0.29, 0.717) is 17.3 Å². The van der Waals surface area contributed by atoms with Gasteiger partial charge >= 0.3 is 0 Å². The van der Waals surface area contributed by atoms with Crippen molar-refractivity contribution in [2.45, 2.75) is 19.0 Å². The van der Waals surface area contributed by atoms with E-state index in [1.54, 1.807) is 26.2 Å². The Morgan fingerprint density at radius 1 is 1.35 bits per heavy atom. The van der Waals surface area contributed by atoms with Gasteiger partial charge in [0.2, 0.25) is 0 Å². The van der Waals surface area contributed by atoms with Crippen molar-refractivity contribution in [2.24, 2.45) is 0 Å². The summed E-state index contributed by atoms with van der Waals surface area (Å²) >= 11 is 6.00. The second-order valence-electron chi connectivity index (χ2n) is 4.20. The largest absolute Gasteiger partial charge is 0.495 e. The van der Waals surface area contributed by atoms with Crippen molar-refractivity contribution in [3.63, 3.8) is 0 Å². The van der Waals surface area contributed by atoms with Gasteiger partial charge in [-0.05, 0) is 24.6 Å². The van der Waals surface area contributed by atoms with E-state index in [1.807, 2.05) is 6.07 Å². The molecule has 0 unspecified atom stereocenters. The number of hydrogen-bond acceptors (Lipinski definition) is 4. The van der Waals surface area contributed by atoms with E-state index in [0.717, 1.165) is 5.56 Å². The van der Waals surface area contributed by atoms with Crippen molar-refractivity contribution < 1.29 is 14.9 Å². The maximum absolute atomic E-state index is 9.13. The lowest BCUT2D eigenvalue weighted by molar-refractivity contribution is 0.103. The van der Waals surface area contributed by atoms with Crippen LogP contribution in [0.1, 0.15) is 12.5 Å². The van der Waals surface area contributed by atoms with Gasteiger partial charge < -0.3 is 20.3 Å². The van der Waals surface area contributed by atoms with E-state index in [2.05, 4.69) is 5.32 Å². The van der Waals surface area contributed by atoms with E-state index in [-0.39, 0.29) is 13.2 Å². The molecular weight excluding hydrogens is 242 g/mol. The molecule has 0 saturated heterocycles. The fourth-order valence-electron chi connectivity index (χ4n) is 1.30. The Balaban J connectivity index is 2.67. The summed E-state index contributed by atoms with van der Waals surface area (Å²) in [5.41, 5.74) is 0.274. The number of rotatable bonds is 6. The van der Waals surface area contributed by atoms with Crippen molar-refractivity contribution in [1.29, 1.82) is 0 Å². The zero-order valence-electron chi connectivity index (χ0n) is 10.0. The van der Waals surface area contributed by atoms with Gasteiger partial charge in [0.15, 0.2) is 0 Å². The molecule has 0 spiro atoms. The first-order valence-electron chi connectivity index (χ1n) is 5.34. The van der Waals surface area contributed by atoms with E-state index >= 15 is 0 Å². The topological polar surface area (TPSA) is 61.7 Å². The predicted molar refractivity (Wildman–Crippen MR) is 67.4 cm³/mol. The maximum Gasteiger partial charge on any atom is 0.137 e. The second kappa shape index (κ2) is 6.21. The van der Waals surface area contributed by atoms with Gasteiger partial charge in [-0.3, -0.25) is 0 Å². The maximum atomic E-state index is 9.13. The van der Waals surface area contributed by atoms with E-state index < -0.39 is 5.54 Å². The lowest BCUT2D eigenvalue weighted by Gasteiger charge is -2.26. The van der Waals surface area contributed by atoms with E-state index in [9.17, 15) is 0 Å². The molecule has 1 aromatic carbocycles. The van der Waals surface area contributed by atoms with Gasteiger partial charge in [0, 0.05) is 6.54 Å². The molecule has 5 heteroatoms. The molecule has 0 bridgehead atoms. The van der Waals surface area contributed by atoms with Crippen LogP contribution >= 0.6 is 11.6 Å². The van der Waals surface area contributed by atoms with Crippen LogP contribution < -0.4 is 10.1 Å². The van der Waals surface area contributed by atoms with Crippen molar-refractivity contribution in [2.75, 3.05) is 20.3 Å². The molecule has 1 aromatic rings. The van der Waals surface area contributed by atoms with Gasteiger partial charge in [-0.25, -0.2) is 0 Å². The number of hydrogen-bond donors (Lipinski definition) is 3. The number of ether oxygens (including phenoxy) is 1. The number of aliphatic hydroxyl groups is 2. The molecule has 0 amide bonds. The van der Waals surface area contributed by atoms with Crippen molar-refractivity contribution >= 4 is 11.6 Å². The molecule has 0 atom stereocenters. The smallest absolute Gasteiger partial charge is 0.137 e. The monoisotopic (exact) mass is 259 g/mol. The summed E-state index contributed by atoms with van der Waals surface area (Å²) in [4.78, 5) is 0. The summed E-state index contributed by atoms with van der Waals surface area (Å²) in [5, 5.41) is 21.9. The van der Waals surface area contributed by atoms with Gasteiger partial charge in [0.1, 0.15) is 5.75 Å². The average Bonchev–Trinajstić information content (AvgIpc) is 2.36. The Morgan fingerprint density at radius 3 is 2.47 bits per heavy atom. The minimum atomic E-state index is -0.688. The fraction of sp³-hybridized carbons (Fsp3) is 0.500. The van der Waals surface area contributed by atoms with Crippen LogP contribution in [0.4, 0.5) is 0 Å². The number of aliphatic hydroxyl groups excluding tert-OH is 2. The fourth-order valence-corrected chi connectivity index (χ4v) is 1.58. The number of benzene rings is 1. The zero-order chi connectivity index (χ0) is 12.9. The third-order valence-electron chi connectivity index (χ3n) is 2.63. The molecule has 0 aromatic heterocycles. The highest BCUT2D eigenvalue weighted by Gasteiger charge is 2.21. The van der Waals surface area contributed by atoms with Crippen LogP contribution in [0.2, 0.25) is 5.02 Å². The van der Waals surface area contributed by atoms with Crippen LogP contribution in [-0.4, -0.2) is 36.1 Å². The highest BCUT2D eigenvalue weighted by Crippen LogP contribution is 2.24. The summed E-state index contributed by atoms with van der Waals surface area (Å²) in [7, 11) is 1.56. The van der Waals surface area contributed by atoms with Crippen LogP contribution in [0.25, 0.3) is 0 Å². The minimum absolute atomic E-state index is 0.132. The molecule has 0 fully saturated rings. The molecule has 0 aliphatic carbocycles. The Bertz CT molecular complexity index is 367. The van der Waals surface area contributed by atoms with E-state index in [4.69, 9.17) is 26.6 Å². The standard InChI is InChI=1S/C12H18ClNO3/c1-12(7-15,8-16)14-6-9-3-4-11(17-2)10(13)5-9/h3-5,14-16H,6-8H2,1-2H3. The normalized spacial score (nSPS) is 11.6. The first-order chi connectivity index (χ1) is 8.04. The second-order valence-corrected chi connectivity index (χ2v) is 4.61. The molecule has 0 aliphatic rings. The average molecular weight is 260 g/mol. The summed E-state index contributed by atoms with van der Waals surface area (Å²) in [6, 6.07) is 5.46. The molecule has 96 valence electrons. The SMILES string of the molecule is COc1ccc(CNC(C)(CO)CO)cc1Cl. The molecule has 17 heavy (non-hydrogen) atoms. The molecule has 0 aliphatic heterocycles. The van der Waals surface area contributed by atoms with Crippen molar-refractivity contribution in [3.05, 3.63) is 28.8 Å². The van der Waals surface area contributed by atoms with Gasteiger partial charge in [-0.2, -0.15) is 0 Å². The third kappa shape index (κ3) is 3.85. The molecule has 0 heterocycles. The molecule has 1 rings (SSSR count). The molecule has 0 radical (unpaired) electrons. The van der Waals surface area contributed by atoms with Crippen LogP contribution in [-0.2, 0) is 6.54 Å². The van der Waals surface area contributed by atoms with Crippen LogP contribution in [0.3, 0.4) is 0 Å². The number of methoxy groups -OCH3 is 1. The van der Waals surface area contributed by atoms with Crippen LogP contribution in [0, 0.1) is 0 Å². The lowest BCUT2D eigenvalue weighted by atomic mass is 10.0. The molecule has 0 saturated carbocycles. The molecule has 3 N–H and O–H groups in total. The van der Waals surface area contributed by atoms with Crippen molar-refractivity contribution in [3.8, 4) is 5.75 Å². The van der Waals surface area contributed by atoms with Gasteiger partial charge in [0.05, 0.1) is 30.9 Å². The quantitative estimate of drug-likeness (QED) is 0.718. The summed E-state index contributed by atoms with van der Waals surface area (Å²) in [5.74, 6) is 0.627. The number of halogens is 1. The first-order valence-corrected chi connectivity index (χ1v) is 5.71.